The van der Waals surface area contributed by atoms with E-state index in [2.05, 4.69) is 0 Å². The lowest BCUT2D eigenvalue weighted by atomic mass is 10.1. The number of benzene rings is 2. The predicted octanol–water partition coefficient (Wildman–Crippen LogP) is 3.03. The fourth-order valence-electron chi connectivity index (χ4n) is 2.50. The Morgan fingerprint density at radius 2 is 1.74 bits per heavy atom. The van der Waals surface area contributed by atoms with E-state index in [-0.39, 0.29) is 23.0 Å². The number of pyridine rings is 1. The Morgan fingerprint density at radius 1 is 1.04 bits per heavy atom. The molecule has 0 aliphatic heterocycles. The first-order valence-corrected chi connectivity index (χ1v) is 6.77. The van der Waals surface area contributed by atoms with Gasteiger partial charge in [-0.1, -0.05) is 24.3 Å². The van der Waals surface area contributed by atoms with E-state index in [4.69, 9.17) is 5.11 Å². The van der Waals surface area contributed by atoms with Gasteiger partial charge in [-0.05, 0) is 18.2 Å². The molecule has 6 heteroatoms. The minimum Gasteiger partial charge on any atom is -0.477 e. The number of carbonyl (C=O) groups is 1. The highest BCUT2D eigenvalue weighted by atomic mass is 19.1. The van der Waals surface area contributed by atoms with Gasteiger partial charge in [-0.2, -0.15) is 0 Å². The smallest absolute Gasteiger partial charge is 0.341 e. The van der Waals surface area contributed by atoms with Crippen molar-refractivity contribution in [3.05, 3.63) is 81.6 Å². The van der Waals surface area contributed by atoms with Crippen LogP contribution in [0.2, 0.25) is 0 Å². The highest BCUT2D eigenvalue weighted by molar-refractivity contribution is 5.92. The van der Waals surface area contributed by atoms with E-state index in [1.54, 1.807) is 6.07 Å². The Hall–Kier alpha value is -3.02. The topological polar surface area (TPSA) is 59.3 Å². The van der Waals surface area contributed by atoms with E-state index in [1.807, 2.05) is 0 Å². The van der Waals surface area contributed by atoms with Crippen LogP contribution in [0, 0.1) is 11.6 Å². The molecule has 1 N–H and O–H groups in total. The summed E-state index contributed by atoms with van der Waals surface area (Å²) in [5, 5.41) is 9.10. The summed E-state index contributed by atoms with van der Waals surface area (Å²) in [4.78, 5) is 23.4. The summed E-state index contributed by atoms with van der Waals surface area (Å²) < 4.78 is 29.2. The average molecular weight is 315 g/mol. The van der Waals surface area contributed by atoms with Gasteiger partial charge in [0.25, 0.3) is 0 Å². The molecule has 0 amide bonds. The minimum absolute atomic E-state index is 0.0502. The molecule has 1 aromatic heterocycles. The molecule has 1 heterocycles. The summed E-state index contributed by atoms with van der Waals surface area (Å²) >= 11 is 0. The second kappa shape index (κ2) is 5.64. The van der Waals surface area contributed by atoms with Crippen LogP contribution in [0.25, 0.3) is 10.9 Å². The van der Waals surface area contributed by atoms with Crippen LogP contribution in [-0.4, -0.2) is 15.6 Å². The van der Waals surface area contributed by atoms with Crippen molar-refractivity contribution in [3.8, 4) is 0 Å². The van der Waals surface area contributed by atoms with Crippen molar-refractivity contribution in [2.45, 2.75) is 6.54 Å². The van der Waals surface area contributed by atoms with Crippen LogP contribution in [0.5, 0.6) is 0 Å². The normalized spacial score (nSPS) is 10.9. The van der Waals surface area contributed by atoms with Crippen molar-refractivity contribution >= 4 is 16.9 Å². The quantitative estimate of drug-likeness (QED) is 0.808. The Labute approximate surface area is 129 Å². The zero-order valence-electron chi connectivity index (χ0n) is 11.8. The largest absolute Gasteiger partial charge is 0.477 e. The van der Waals surface area contributed by atoms with E-state index in [9.17, 15) is 18.4 Å². The zero-order valence-corrected chi connectivity index (χ0v) is 11.8. The fourth-order valence-corrected chi connectivity index (χ4v) is 2.50. The maximum Gasteiger partial charge on any atom is 0.341 e. The lowest BCUT2D eigenvalue weighted by Crippen LogP contribution is -2.20. The standard InChI is InChI=1S/C17H11F2NO3/c18-13-6-2-1-4-10(13)8-20-9-12(17(22)23)16(21)11-5-3-7-14(19)15(11)20/h1-7,9H,8H2,(H,22,23). The maximum atomic E-state index is 14.2. The van der Waals surface area contributed by atoms with Gasteiger partial charge in [-0.15, -0.1) is 0 Å². The number of hydrogen-bond donors (Lipinski definition) is 1. The molecule has 116 valence electrons. The van der Waals surface area contributed by atoms with E-state index in [0.29, 0.717) is 0 Å². The third-order valence-electron chi connectivity index (χ3n) is 3.58. The zero-order chi connectivity index (χ0) is 16.6. The minimum atomic E-state index is -1.41. The van der Waals surface area contributed by atoms with Crippen molar-refractivity contribution < 1.29 is 18.7 Å². The van der Waals surface area contributed by atoms with Gasteiger partial charge in [0.1, 0.15) is 17.2 Å². The van der Waals surface area contributed by atoms with E-state index < -0.39 is 28.6 Å². The van der Waals surface area contributed by atoms with Gasteiger partial charge in [0.15, 0.2) is 0 Å². The number of para-hydroxylation sites is 1. The Morgan fingerprint density at radius 3 is 2.43 bits per heavy atom. The molecule has 0 bridgehead atoms. The maximum absolute atomic E-state index is 14.2. The molecule has 0 fully saturated rings. The Balaban J connectivity index is 2.31. The van der Waals surface area contributed by atoms with Crippen molar-refractivity contribution in [1.82, 2.24) is 4.57 Å². The molecular weight excluding hydrogens is 304 g/mol. The molecule has 0 saturated heterocycles. The number of nitrogens with zero attached hydrogens (tertiary/aromatic N) is 1. The molecule has 4 nitrogen and oxygen atoms in total. The van der Waals surface area contributed by atoms with Gasteiger partial charge in [0.2, 0.25) is 5.43 Å². The van der Waals surface area contributed by atoms with Crippen LogP contribution in [0.1, 0.15) is 15.9 Å². The fraction of sp³-hybridized carbons (Fsp3) is 0.0588. The number of aromatic carboxylic acids is 1. The monoisotopic (exact) mass is 315 g/mol. The number of rotatable bonds is 3. The first-order valence-electron chi connectivity index (χ1n) is 6.77. The van der Waals surface area contributed by atoms with Gasteiger partial charge in [-0.3, -0.25) is 4.79 Å². The number of aromatic nitrogens is 1. The lowest BCUT2D eigenvalue weighted by molar-refractivity contribution is 0.0695. The molecule has 0 radical (unpaired) electrons. The van der Waals surface area contributed by atoms with Crippen LogP contribution in [0.4, 0.5) is 8.78 Å². The number of halogens is 2. The van der Waals surface area contributed by atoms with E-state index in [0.717, 1.165) is 6.20 Å². The molecule has 0 aliphatic carbocycles. The predicted molar refractivity (Wildman–Crippen MR) is 80.6 cm³/mol. The highest BCUT2D eigenvalue weighted by Gasteiger charge is 2.17. The van der Waals surface area contributed by atoms with Crippen molar-refractivity contribution in [2.24, 2.45) is 0 Å². The second-order valence-corrected chi connectivity index (χ2v) is 5.03. The molecule has 0 unspecified atom stereocenters. The van der Waals surface area contributed by atoms with Crippen LogP contribution in [-0.2, 0) is 6.54 Å². The van der Waals surface area contributed by atoms with Gasteiger partial charge >= 0.3 is 5.97 Å². The first-order chi connectivity index (χ1) is 11.0. The van der Waals surface area contributed by atoms with E-state index >= 15 is 0 Å². The molecule has 0 saturated carbocycles. The third kappa shape index (κ3) is 2.59. The molecule has 0 atom stereocenters. The SMILES string of the molecule is O=C(O)c1cn(Cc2ccccc2F)c2c(F)cccc2c1=O. The van der Waals surface area contributed by atoms with Gasteiger partial charge in [-0.25, -0.2) is 13.6 Å². The number of hydrogen-bond acceptors (Lipinski definition) is 2. The summed E-state index contributed by atoms with van der Waals surface area (Å²) in [6, 6.07) is 9.77. The van der Waals surface area contributed by atoms with Gasteiger partial charge < -0.3 is 9.67 Å². The summed E-state index contributed by atoms with van der Waals surface area (Å²) in [7, 11) is 0. The number of carboxylic acids is 1. The summed E-state index contributed by atoms with van der Waals surface area (Å²) in [5.74, 6) is -2.58. The number of fused-ring (bicyclic) bond motifs is 1. The molecule has 0 aliphatic rings. The Bertz CT molecular complexity index is 979. The van der Waals surface area contributed by atoms with Crippen LogP contribution in [0.3, 0.4) is 0 Å². The molecule has 23 heavy (non-hydrogen) atoms. The first kappa shape index (κ1) is 14.9. The second-order valence-electron chi connectivity index (χ2n) is 5.03. The van der Waals surface area contributed by atoms with Gasteiger partial charge in [0, 0.05) is 17.1 Å². The van der Waals surface area contributed by atoms with E-state index in [1.165, 1.54) is 41.0 Å². The molecule has 3 rings (SSSR count). The van der Waals surface area contributed by atoms with Crippen molar-refractivity contribution in [2.75, 3.05) is 0 Å². The lowest BCUT2D eigenvalue weighted by Gasteiger charge is -2.13. The van der Waals surface area contributed by atoms with Crippen molar-refractivity contribution in [1.29, 1.82) is 0 Å². The Kier molecular flexibility index (Phi) is 3.65. The molecular formula is C17H11F2NO3. The van der Waals surface area contributed by atoms with Crippen LogP contribution < -0.4 is 5.43 Å². The van der Waals surface area contributed by atoms with Crippen LogP contribution in [0.15, 0.2) is 53.5 Å². The summed E-state index contributed by atoms with van der Waals surface area (Å²) in [6.45, 7) is -0.0926. The highest BCUT2D eigenvalue weighted by Crippen LogP contribution is 2.18. The summed E-state index contributed by atoms with van der Waals surface area (Å²) in [6.07, 6.45) is 1.04. The van der Waals surface area contributed by atoms with Crippen LogP contribution >= 0.6 is 0 Å². The molecule has 3 aromatic rings. The summed E-state index contributed by atoms with van der Waals surface area (Å²) in [5.41, 5.74) is -1.04. The van der Waals surface area contributed by atoms with Gasteiger partial charge in [0.05, 0.1) is 12.1 Å². The third-order valence-corrected chi connectivity index (χ3v) is 3.58. The number of carboxylic acid groups (broad SMARTS) is 1. The average Bonchev–Trinajstić information content (AvgIpc) is 2.52. The van der Waals surface area contributed by atoms with Crippen molar-refractivity contribution in [3.63, 3.8) is 0 Å². The molecule has 0 spiro atoms. The molecule has 2 aromatic carbocycles.